The lowest BCUT2D eigenvalue weighted by molar-refractivity contribution is 0.284. The molecule has 0 radical (unpaired) electrons. The van der Waals surface area contributed by atoms with Gasteiger partial charge in [-0.3, -0.25) is 4.99 Å². The number of aliphatic imine (C=N–C) groups is 1. The van der Waals surface area contributed by atoms with Gasteiger partial charge in [0.05, 0.1) is 7.11 Å². The van der Waals surface area contributed by atoms with Crippen LogP contribution in [-0.2, 0) is 13.0 Å². The van der Waals surface area contributed by atoms with Gasteiger partial charge in [0, 0.05) is 12.1 Å². The topological polar surface area (TPSA) is 51.0 Å². The Morgan fingerprint density at radius 2 is 1.79 bits per heavy atom. The quantitative estimate of drug-likeness (QED) is 0.749. The number of nitrogens with zero attached hydrogens (tertiary/aromatic N) is 1. The van der Waals surface area contributed by atoms with E-state index in [1.54, 1.807) is 7.11 Å². The Morgan fingerprint density at radius 1 is 1.04 bits per heavy atom. The average molecular weight is 327 g/mol. The lowest BCUT2D eigenvalue weighted by atomic mass is 9.99. The van der Waals surface area contributed by atoms with E-state index in [0.717, 1.165) is 16.8 Å². The summed E-state index contributed by atoms with van der Waals surface area (Å²) in [6.45, 7) is 4.46. The van der Waals surface area contributed by atoms with Gasteiger partial charge in [0.25, 0.3) is 0 Å². The summed E-state index contributed by atoms with van der Waals surface area (Å²) in [6, 6.07) is 15.9. The van der Waals surface area contributed by atoms with Crippen molar-refractivity contribution in [2.24, 2.45) is 10.9 Å². The van der Waals surface area contributed by atoms with Crippen LogP contribution in [0.4, 0.5) is 0 Å². The van der Waals surface area contributed by atoms with Crippen molar-refractivity contribution in [2.45, 2.75) is 26.9 Å². The summed E-state index contributed by atoms with van der Waals surface area (Å²) in [4.78, 5) is 4.18. The van der Waals surface area contributed by atoms with E-state index in [4.69, 9.17) is 14.6 Å². The van der Waals surface area contributed by atoms with Crippen LogP contribution in [0.5, 0.6) is 11.5 Å². The lowest BCUT2D eigenvalue weighted by Gasteiger charge is -2.14. The first-order valence-corrected chi connectivity index (χ1v) is 8.11. The fourth-order valence-corrected chi connectivity index (χ4v) is 2.42. The average Bonchev–Trinajstić information content (AvgIpc) is 2.60. The van der Waals surface area contributed by atoms with Crippen molar-refractivity contribution in [1.82, 2.24) is 0 Å². The van der Waals surface area contributed by atoms with Gasteiger partial charge < -0.3 is 14.6 Å². The second-order valence-electron chi connectivity index (χ2n) is 5.88. The van der Waals surface area contributed by atoms with Gasteiger partial charge in [0.2, 0.25) is 0 Å². The highest BCUT2D eigenvalue weighted by molar-refractivity contribution is 5.88. The molecule has 0 saturated carbocycles. The fourth-order valence-electron chi connectivity index (χ4n) is 2.42. The molecule has 0 aliphatic heterocycles. The number of aliphatic hydroxyl groups is 1. The Bertz CT molecular complexity index is 666. The van der Waals surface area contributed by atoms with Crippen molar-refractivity contribution in [3.63, 3.8) is 0 Å². The molecule has 0 aliphatic carbocycles. The zero-order chi connectivity index (χ0) is 17.4. The molecule has 0 amide bonds. The number of methoxy groups -OCH3 is 1. The van der Waals surface area contributed by atoms with Crippen LogP contribution in [0, 0.1) is 5.92 Å². The van der Waals surface area contributed by atoms with Crippen molar-refractivity contribution < 1.29 is 14.6 Å². The second kappa shape index (κ2) is 9.08. The zero-order valence-electron chi connectivity index (χ0n) is 14.5. The molecule has 0 spiro atoms. The number of hydrogen-bond acceptors (Lipinski definition) is 4. The van der Waals surface area contributed by atoms with Crippen LogP contribution in [0.2, 0.25) is 0 Å². The smallest absolute Gasteiger partial charge is 0.161 e. The minimum atomic E-state index is -0.180. The molecule has 1 N–H and O–H groups in total. The molecule has 4 heteroatoms. The Kier molecular flexibility index (Phi) is 6.82. The van der Waals surface area contributed by atoms with E-state index in [9.17, 15) is 0 Å². The maximum atomic E-state index is 9.08. The predicted octanol–water partition coefficient (Wildman–Crippen LogP) is 3.86. The first kappa shape index (κ1) is 18.0. The largest absolute Gasteiger partial charge is 0.493 e. The molecule has 2 rings (SSSR count). The van der Waals surface area contributed by atoms with Crippen LogP contribution in [0.25, 0.3) is 0 Å². The third-order valence-corrected chi connectivity index (χ3v) is 3.79. The van der Waals surface area contributed by atoms with Gasteiger partial charge in [-0.1, -0.05) is 50.2 Å². The molecule has 0 heterocycles. The van der Waals surface area contributed by atoms with Crippen molar-refractivity contribution in [3.05, 3.63) is 59.7 Å². The summed E-state index contributed by atoms with van der Waals surface area (Å²) < 4.78 is 11.3. The standard InChI is InChI=1S/C20H25NO3/c1-15(2)18(21-14-22)11-17-9-10-19(23-3)20(12-17)24-13-16-7-5-4-6-8-16/h4-10,12,15,22H,11,13-14H2,1-3H3/b21-18-. The Hall–Kier alpha value is -2.33. The maximum absolute atomic E-state index is 9.08. The predicted molar refractivity (Wildman–Crippen MR) is 96.8 cm³/mol. The molecule has 0 saturated heterocycles. The molecule has 0 bridgehead atoms. The van der Waals surface area contributed by atoms with Gasteiger partial charge in [0.15, 0.2) is 11.5 Å². The molecular formula is C20H25NO3. The number of hydrogen-bond donors (Lipinski definition) is 1. The first-order chi connectivity index (χ1) is 11.6. The van der Waals surface area contributed by atoms with Gasteiger partial charge in [-0.2, -0.15) is 0 Å². The second-order valence-corrected chi connectivity index (χ2v) is 5.88. The molecular weight excluding hydrogens is 302 g/mol. The molecule has 2 aromatic carbocycles. The molecule has 2 aromatic rings. The Balaban J connectivity index is 2.16. The van der Waals surface area contributed by atoms with Crippen LogP contribution in [0.3, 0.4) is 0 Å². The molecule has 0 atom stereocenters. The fraction of sp³-hybridized carbons (Fsp3) is 0.350. The van der Waals surface area contributed by atoms with E-state index in [0.29, 0.717) is 24.5 Å². The van der Waals surface area contributed by atoms with Crippen LogP contribution < -0.4 is 9.47 Å². The Labute approximate surface area is 143 Å². The van der Waals surface area contributed by atoms with Crippen molar-refractivity contribution >= 4 is 5.71 Å². The van der Waals surface area contributed by atoms with Crippen molar-refractivity contribution in [3.8, 4) is 11.5 Å². The zero-order valence-corrected chi connectivity index (χ0v) is 14.5. The number of rotatable bonds is 8. The van der Waals surface area contributed by atoms with Crippen molar-refractivity contribution in [2.75, 3.05) is 13.8 Å². The summed E-state index contributed by atoms with van der Waals surface area (Å²) in [6.07, 6.45) is 0.684. The maximum Gasteiger partial charge on any atom is 0.161 e. The Morgan fingerprint density at radius 3 is 2.42 bits per heavy atom. The normalized spacial score (nSPS) is 11.6. The highest BCUT2D eigenvalue weighted by atomic mass is 16.5. The lowest BCUT2D eigenvalue weighted by Crippen LogP contribution is -2.12. The van der Waals surface area contributed by atoms with Gasteiger partial charge in [0.1, 0.15) is 13.3 Å². The third kappa shape index (κ3) is 5.10. The molecule has 0 aliphatic rings. The number of aliphatic hydroxyl groups excluding tert-OH is 1. The highest BCUT2D eigenvalue weighted by Gasteiger charge is 2.10. The summed E-state index contributed by atoms with van der Waals surface area (Å²) in [5.41, 5.74) is 3.16. The molecule has 0 unspecified atom stereocenters. The molecule has 0 aromatic heterocycles. The first-order valence-electron chi connectivity index (χ1n) is 8.11. The van der Waals surface area contributed by atoms with Gasteiger partial charge in [-0.25, -0.2) is 0 Å². The number of ether oxygens (including phenoxy) is 2. The van der Waals surface area contributed by atoms with E-state index < -0.39 is 0 Å². The number of benzene rings is 2. The summed E-state index contributed by atoms with van der Waals surface area (Å²) in [7, 11) is 1.64. The van der Waals surface area contributed by atoms with E-state index >= 15 is 0 Å². The van der Waals surface area contributed by atoms with Gasteiger partial charge >= 0.3 is 0 Å². The molecule has 24 heavy (non-hydrogen) atoms. The monoisotopic (exact) mass is 327 g/mol. The molecule has 128 valence electrons. The minimum absolute atomic E-state index is 0.180. The third-order valence-electron chi connectivity index (χ3n) is 3.79. The molecule has 0 fully saturated rings. The van der Waals surface area contributed by atoms with Crippen LogP contribution in [0.1, 0.15) is 25.0 Å². The van der Waals surface area contributed by atoms with E-state index in [-0.39, 0.29) is 12.6 Å². The molecule has 4 nitrogen and oxygen atoms in total. The van der Waals surface area contributed by atoms with Crippen LogP contribution in [-0.4, -0.2) is 24.7 Å². The SMILES string of the molecule is COc1ccc(C/C(=N/CO)C(C)C)cc1OCc1ccccc1. The van der Waals surface area contributed by atoms with E-state index in [1.165, 1.54) is 0 Å². The summed E-state index contributed by atoms with van der Waals surface area (Å²) in [5, 5.41) is 9.08. The van der Waals surface area contributed by atoms with Crippen LogP contribution in [0.15, 0.2) is 53.5 Å². The summed E-state index contributed by atoms with van der Waals surface area (Å²) in [5.74, 6) is 1.71. The summed E-state index contributed by atoms with van der Waals surface area (Å²) >= 11 is 0. The highest BCUT2D eigenvalue weighted by Crippen LogP contribution is 2.29. The van der Waals surface area contributed by atoms with Gasteiger partial charge in [-0.05, 0) is 29.2 Å². The van der Waals surface area contributed by atoms with E-state index in [1.807, 2.05) is 48.5 Å². The minimum Gasteiger partial charge on any atom is -0.493 e. The van der Waals surface area contributed by atoms with Crippen molar-refractivity contribution in [1.29, 1.82) is 0 Å². The van der Waals surface area contributed by atoms with Gasteiger partial charge in [-0.15, -0.1) is 0 Å². The van der Waals surface area contributed by atoms with Crippen LogP contribution >= 0.6 is 0 Å². The van der Waals surface area contributed by atoms with E-state index in [2.05, 4.69) is 18.8 Å².